The molecule has 0 spiro atoms. The first-order valence-corrected chi connectivity index (χ1v) is 10.8. The number of rotatable bonds is 6. The fourth-order valence-corrected chi connectivity index (χ4v) is 3.91. The van der Waals surface area contributed by atoms with Gasteiger partial charge in [-0.05, 0) is 36.5 Å². The summed E-state index contributed by atoms with van der Waals surface area (Å²) in [5, 5.41) is 0. The van der Waals surface area contributed by atoms with Crippen molar-refractivity contribution in [3.05, 3.63) is 95.6 Å². The first kappa shape index (κ1) is 23.2. The van der Waals surface area contributed by atoms with Crippen molar-refractivity contribution in [2.75, 3.05) is 13.2 Å². The highest BCUT2D eigenvalue weighted by molar-refractivity contribution is 5.71. The van der Waals surface area contributed by atoms with Gasteiger partial charge in [-0.2, -0.15) is 0 Å². The predicted molar refractivity (Wildman–Crippen MR) is 119 cm³/mol. The topological polar surface area (TPSA) is 18.5 Å². The van der Waals surface area contributed by atoms with Crippen LogP contribution in [0.2, 0.25) is 0 Å². The lowest BCUT2D eigenvalue weighted by Crippen LogP contribution is -2.27. The third kappa shape index (κ3) is 4.72. The standard InChI is InChI=1S/C27H24F4O2/c1-3-4-5-17-14-32-27(33-15-17)22-13-12-21(25(30)26(22)31)19-9-7-18(8-10-19)20-11-6-16(2)23(28)24(20)29/h3,6-13,17,27H,1,4-5,14-15H2,2H3. The molecule has 1 heterocycles. The van der Waals surface area contributed by atoms with Gasteiger partial charge in [0.15, 0.2) is 29.6 Å². The number of hydrogen-bond donors (Lipinski definition) is 0. The van der Waals surface area contributed by atoms with Gasteiger partial charge in [0.25, 0.3) is 0 Å². The predicted octanol–water partition coefficient (Wildman–Crippen LogP) is 7.51. The van der Waals surface area contributed by atoms with E-state index in [2.05, 4.69) is 6.58 Å². The molecule has 0 unspecified atom stereocenters. The minimum Gasteiger partial charge on any atom is -0.348 e. The summed E-state index contributed by atoms with van der Waals surface area (Å²) in [6, 6.07) is 12.1. The van der Waals surface area contributed by atoms with Gasteiger partial charge >= 0.3 is 0 Å². The quantitative estimate of drug-likeness (QED) is 0.282. The van der Waals surface area contributed by atoms with E-state index in [9.17, 15) is 17.6 Å². The number of hydrogen-bond acceptors (Lipinski definition) is 2. The van der Waals surface area contributed by atoms with E-state index in [0.717, 1.165) is 12.8 Å². The number of allylic oxidation sites excluding steroid dienone is 1. The Hall–Kier alpha value is -2.96. The average Bonchev–Trinajstić information content (AvgIpc) is 2.84. The zero-order chi connectivity index (χ0) is 23.5. The Kier molecular flexibility index (Phi) is 6.96. The molecule has 0 aliphatic carbocycles. The Morgan fingerprint density at radius 2 is 1.33 bits per heavy atom. The van der Waals surface area contributed by atoms with Crippen LogP contribution in [0.5, 0.6) is 0 Å². The van der Waals surface area contributed by atoms with Gasteiger partial charge < -0.3 is 9.47 Å². The SMILES string of the molecule is C=CCCC1COC(c2ccc(-c3ccc(-c4ccc(C)c(F)c4F)cc3)c(F)c2F)OC1. The molecule has 1 aliphatic heterocycles. The van der Waals surface area contributed by atoms with Gasteiger partial charge in [0.05, 0.1) is 13.2 Å². The fraction of sp³-hybridized carbons (Fsp3) is 0.259. The molecular formula is C27H24F4O2. The molecule has 172 valence electrons. The van der Waals surface area contributed by atoms with Gasteiger partial charge in [-0.1, -0.05) is 54.6 Å². The molecule has 0 N–H and O–H groups in total. The Balaban J connectivity index is 1.54. The summed E-state index contributed by atoms with van der Waals surface area (Å²) in [6.45, 7) is 5.97. The van der Waals surface area contributed by atoms with Crippen LogP contribution in [-0.2, 0) is 9.47 Å². The van der Waals surface area contributed by atoms with E-state index >= 15 is 0 Å². The van der Waals surface area contributed by atoms with Gasteiger partial charge in [-0.3, -0.25) is 0 Å². The maximum absolute atomic E-state index is 14.9. The van der Waals surface area contributed by atoms with Crippen molar-refractivity contribution >= 4 is 0 Å². The lowest BCUT2D eigenvalue weighted by atomic mass is 9.97. The van der Waals surface area contributed by atoms with Crippen LogP contribution >= 0.6 is 0 Å². The summed E-state index contributed by atoms with van der Waals surface area (Å²) >= 11 is 0. The summed E-state index contributed by atoms with van der Waals surface area (Å²) in [7, 11) is 0. The number of ether oxygens (including phenoxy) is 2. The van der Waals surface area contributed by atoms with Crippen LogP contribution in [0.4, 0.5) is 17.6 Å². The highest BCUT2D eigenvalue weighted by Gasteiger charge is 2.27. The van der Waals surface area contributed by atoms with Gasteiger partial charge in [0.2, 0.25) is 0 Å². The molecule has 0 aromatic heterocycles. The second-order valence-corrected chi connectivity index (χ2v) is 8.20. The minimum absolute atomic E-state index is 0.00671. The second kappa shape index (κ2) is 9.89. The highest BCUT2D eigenvalue weighted by Crippen LogP contribution is 2.34. The number of halogens is 4. The van der Waals surface area contributed by atoms with Crippen molar-refractivity contribution in [2.24, 2.45) is 5.92 Å². The maximum Gasteiger partial charge on any atom is 0.186 e. The van der Waals surface area contributed by atoms with Crippen LogP contribution < -0.4 is 0 Å². The molecule has 2 nitrogen and oxygen atoms in total. The van der Waals surface area contributed by atoms with Gasteiger partial charge in [0.1, 0.15) is 0 Å². The van der Waals surface area contributed by atoms with Crippen molar-refractivity contribution in [1.29, 1.82) is 0 Å². The van der Waals surface area contributed by atoms with Crippen molar-refractivity contribution < 1.29 is 27.0 Å². The van der Waals surface area contributed by atoms with E-state index in [4.69, 9.17) is 9.47 Å². The van der Waals surface area contributed by atoms with Gasteiger partial charge in [-0.25, -0.2) is 17.6 Å². The molecule has 1 saturated heterocycles. The van der Waals surface area contributed by atoms with Crippen LogP contribution in [0.25, 0.3) is 22.3 Å². The van der Waals surface area contributed by atoms with E-state index in [1.165, 1.54) is 31.2 Å². The van der Waals surface area contributed by atoms with Gasteiger partial charge in [0, 0.05) is 22.6 Å². The summed E-state index contributed by atoms with van der Waals surface area (Å²) in [6.07, 6.45) is 2.56. The smallest absolute Gasteiger partial charge is 0.186 e. The second-order valence-electron chi connectivity index (χ2n) is 8.20. The molecule has 0 amide bonds. The molecule has 6 heteroatoms. The van der Waals surface area contributed by atoms with Crippen LogP contribution in [0.15, 0.2) is 61.2 Å². The third-order valence-electron chi connectivity index (χ3n) is 5.89. The molecule has 1 aliphatic rings. The van der Waals surface area contributed by atoms with Crippen molar-refractivity contribution in [2.45, 2.75) is 26.1 Å². The average molecular weight is 456 g/mol. The summed E-state index contributed by atoms with van der Waals surface area (Å²) < 4.78 is 69.2. The summed E-state index contributed by atoms with van der Waals surface area (Å²) in [5.41, 5.74) is 1.21. The molecular weight excluding hydrogens is 432 g/mol. The monoisotopic (exact) mass is 456 g/mol. The third-order valence-corrected chi connectivity index (χ3v) is 5.89. The van der Waals surface area contributed by atoms with Crippen molar-refractivity contribution in [3.63, 3.8) is 0 Å². The zero-order valence-electron chi connectivity index (χ0n) is 18.2. The molecule has 0 saturated carbocycles. The van der Waals surface area contributed by atoms with Crippen LogP contribution in [0.1, 0.15) is 30.3 Å². The number of aryl methyl sites for hydroxylation is 1. The summed E-state index contributed by atoms with van der Waals surface area (Å²) in [4.78, 5) is 0. The lowest BCUT2D eigenvalue weighted by molar-refractivity contribution is -0.207. The molecule has 3 aromatic rings. The lowest BCUT2D eigenvalue weighted by Gasteiger charge is -2.29. The van der Waals surface area contributed by atoms with E-state index in [-0.39, 0.29) is 28.2 Å². The normalized spacial score (nSPS) is 18.3. The Bertz CT molecular complexity index is 1150. The van der Waals surface area contributed by atoms with Crippen LogP contribution in [0, 0.1) is 36.1 Å². The first-order chi connectivity index (χ1) is 15.9. The van der Waals surface area contributed by atoms with Crippen molar-refractivity contribution in [1.82, 2.24) is 0 Å². The minimum atomic E-state index is -1.03. The molecule has 0 atom stereocenters. The van der Waals surface area contributed by atoms with Crippen LogP contribution in [0.3, 0.4) is 0 Å². The Morgan fingerprint density at radius 3 is 1.91 bits per heavy atom. The molecule has 33 heavy (non-hydrogen) atoms. The zero-order valence-corrected chi connectivity index (χ0v) is 18.2. The molecule has 3 aromatic carbocycles. The van der Waals surface area contributed by atoms with E-state index in [1.54, 1.807) is 24.3 Å². The van der Waals surface area contributed by atoms with Gasteiger partial charge in [-0.15, -0.1) is 6.58 Å². The van der Waals surface area contributed by atoms with Crippen molar-refractivity contribution in [3.8, 4) is 22.3 Å². The Morgan fingerprint density at radius 1 is 0.788 bits per heavy atom. The fourth-order valence-electron chi connectivity index (χ4n) is 3.91. The van der Waals surface area contributed by atoms with E-state index in [0.29, 0.717) is 24.3 Å². The first-order valence-electron chi connectivity index (χ1n) is 10.8. The van der Waals surface area contributed by atoms with Crippen LogP contribution in [-0.4, -0.2) is 13.2 Å². The highest BCUT2D eigenvalue weighted by atomic mass is 19.2. The maximum atomic E-state index is 14.9. The molecule has 0 bridgehead atoms. The van der Waals surface area contributed by atoms with E-state index < -0.39 is 29.6 Å². The molecule has 0 radical (unpaired) electrons. The molecule has 4 rings (SSSR count). The number of benzene rings is 3. The Labute approximate surface area is 190 Å². The molecule has 1 fully saturated rings. The van der Waals surface area contributed by atoms with E-state index in [1.807, 2.05) is 6.08 Å². The largest absolute Gasteiger partial charge is 0.348 e. The summed E-state index contributed by atoms with van der Waals surface area (Å²) in [5.74, 6) is -3.70.